The number of rotatable bonds is 3. The molecular formula is C23H18F2N6. The molecule has 0 aliphatic carbocycles. The molecule has 1 saturated heterocycles. The molecule has 8 heteroatoms. The molecule has 0 saturated carbocycles. The van der Waals surface area contributed by atoms with Gasteiger partial charge in [0, 0.05) is 42.7 Å². The predicted molar refractivity (Wildman–Crippen MR) is 114 cm³/mol. The average Bonchev–Trinajstić information content (AvgIpc) is 3.40. The summed E-state index contributed by atoms with van der Waals surface area (Å²) in [4.78, 5) is 14.0. The van der Waals surface area contributed by atoms with Gasteiger partial charge in [0.25, 0.3) is 0 Å². The highest BCUT2D eigenvalue weighted by molar-refractivity contribution is 5.91. The van der Waals surface area contributed by atoms with Crippen LogP contribution in [0.4, 0.5) is 14.5 Å². The molecule has 4 aromatic rings. The van der Waals surface area contributed by atoms with Crippen molar-refractivity contribution >= 4 is 16.7 Å². The molecule has 1 atom stereocenters. The van der Waals surface area contributed by atoms with E-state index in [1.54, 1.807) is 36.7 Å². The third-order valence-electron chi connectivity index (χ3n) is 5.59. The van der Waals surface area contributed by atoms with Crippen molar-refractivity contribution in [1.82, 2.24) is 15.0 Å². The molecule has 0 unspecified atom stereocenters. The number of halogens is 2. The average molecular weight is 416 g/mol. The number of nitrogens with one attached hydrogen (secondary N) is 1. The van der Waals surface area contributed by atoms with Crippen molar-refractivity contribution in [2.45, 2.75) is 12.5 Å². The molecule has 0 bridgehead atoms. The zero-order chi connectivity index (χ0) is 21.5. The number of para-hydroxylation sites is 1. The highest BCUT2D eigenvalue weighted by Gasteiger charge is 2.27. The van der Waals surface area contributed by atoms with E-state index in [9.17, 15) is 9.65 Å². The quantitative estimate of drug-likeness (QED) is 0.527. The van der Waals surface area contributed by atoms with E-state index >= 15 is 4.39 Å². The molecule has 0 radical (unpaired) electrons. The summed E-state index contributed by atoms with van der Waals surface area (Å²) in [7, 11) is 0. The maximum atomic E-state index is 15.1. The molecule has 0 amide bonds. The Kier molecular flexibility index (Phi) is 4.60. The van der Waals surface area contributed by atoms with Gasteiger partial charge in [0.1, 0.15) is 23.2 Å². The number of aromatic nitrogens is 3. The normalized spacial score (nSPS) is 16.1. The smallest absolute Gasteiger partial charge is 0.151 e. The summed E-state index contributed by atoms with van der Waals surface area (Å²) in [5.74, 6) is -0.604. The Balaban J connectivity index is 1.77. The molecule has 3 N–H and O–H groups in total. The van der Waals surface area contributed by atoms with E-state index in [-0.39, 0.29) is 22.7 Å². The van der Waals surface area contributed by atoms with E-state index in [0.717, 1.165) is 6.42 Å². The van der Waals surface area contributed by atoms with Crippen molar-refractivity contribution in [3.63, 3.8) is 0 Å². The predicted octanol–water partition coefficient (Wildman–Crippen LogP) is 3.98. The van der Waals surface area contributed by atoms with Crippen LogP contribution in [-0.2, 0) is 0 Å². The number of aromatic amines is 1. The van der Waals surface area contributed by atoms with Gasteiger partial charge in [-0.3, -0.25) is 4.98 Å². The minimum Gasteiger partial charge on any atom is -0.369 e. The van der Waals surface area contributed by atoms with Gasteiger partial charge in [-0.1, -0.05) is 18.2 Å². The van der Waals surface area contributed by atoms with Crippen LogP contribution in [0.5, 0.6) is 0 Å². The third-order valence-corrected chi connectivity index (χ3v) is 5.59. The molecule has 1 fully saturated rings. The molecule has 5 rings (SSSR count). The maximum Gasteiger partial charge on any atom is 0.151 e. The van der Waals surface area contributed by atoms with Crippen LogP contribution in [0.1, 0.15) is 12.0 Å². The molecule has 2 aromatic carbocycles. The summed E-state index contributed by atoms with van der Waals surface area (Å²) in [5, 5.41) is 9.26. The van der Waals surface area contributed by atoms with Gasteiger partial charge in [-0.2, -0.15) is 5.26 Å². The molecule has 1 aliphatic heterocycles. The number of nitrogens with two attached hydrogens (primary N) is 1. The van der Waals surface area contributed by atoms with Gasteiger partial charge >= 0.3 is 0 Å². The zero-order valence-corrected chi connectivity index (χ0v) is 16.4. The SMILES string of the molecule is N#Cc1cccc(-c2cncc(-c3nc4c(F)cccc4[nH]3)c2N2CC[C@H](N)C2)c1F. The second-order valence-electron chi connectivity index (χ2n) is 7.58. The maximum absolute atomic E-state index is 15.1. The number of nitrogens with zero attached hydrogens (tertiary/aromatic N) is 4. The molecule has 31 heavy (non-hydrogen) atoms. The molecular weight excluding hydrogens is 398 g/mol. The van der Waals surface area contributed by atoms with Gasteiger partial charge in [-0.25, -0.2) is 13.8 Å². The van der Waals surface area contributed by atoms with E-state index in [1.807, 2.05) is 6.07 Å². The fourth-order valence-electron chi connectivity index (χ4n) is 4.11. The van der Waals surface area contributed by atoms with Crippen LogP contribution in [0.2, 0.25) is 0 Å². The number of benzene rings is 2. The van der Waals surface area contributed by atoms with Gasteiger partial charge in [-0.15, -0.1) is 0 Å². The van der Waals surface area contributed by atoms with Crippen molar-refractivity contribution in [3.05, 3.63) is 66.0 Å². The minimum atomic E-state index is -0.607. The number of hydrogen-bond donors (Lipinski definition) is 2. The number of nitriles is 1. The Morgan fingerprint density at radius 2 is 1.90 bits per heavy atom. The molecule has 154 valence electrons. The second-order valence-corrected chi connectivity index (χ2v) is 7.58. The molecule has 0 spiro atoms. The highest BCUT2D eigenvalue weighted by atomic mass is 19.1. The molecule has 1 aliphatic rings. The lowest BCUT2D eigenvalue weighted by atomic mass is 9.99. The molecule has 6 nitrogen and oxygen atoms in total. The van der Waals surface area contributed by atoms with E-state index < -0.39 is 11.6 Å². The van der Waals surface area contributed by atoms with Gasteiger partial charge in [0.05, 0.1) is 22.3 Å². The van der Waals surface area contributed by atoms with E-state index in [0.29, 0.717) is 41.2 Å². The number of fused-ring (bicyclic) bond motifs is 1. The summed E-state index contributed by atoms with van der Waals surface area (Å²) in [6.45, 7) is 1.26. The van der Waals surface area contributed by atoms with Crippen LogP contribution in [0, 0.1) is 23.0 Å². The van der Waals surface area contributed by atoms with Crippen molar-refractivity contribution < 1.29 is 8.78 Å². The van der Waals surface area contributed by atoms with Crippen LogP contribution < -0.4 is 10.6 Å². The van der Waals surface area contributed by atoms with Crippen LogP contribution in [0.15, 0.2) is 48.8 Å². The Morgan fingerprint density at radius 3 is 2.65 bits per heavy atom. The summed E-state index contributed by atoms with van der Waals surface area (Å²) in [6, 6.07) is 11.3. The van der Waals surface area contributed by atoms with Crippen molar-refractivity contribution in [2.75, 3.05) is 18.0 Å². The topological polar surface area (TPSA) is 94.6 Å². The molecule has 3 heterocycles. The zero-order valence-electron chi connectivity index (χ0n) is 16.4. The minimum absolute atomic E-state index is 0.0164. The van der Waals surface area contributed by atoms with Crippen molar-refractivity contribution in [2.24, 2.45) is 5.73 Å². The lowest BCUT2D eigenvalue weighted by Gasteiger charge is -2.24. The van der Waals surface area contributed by atoms with E-state index in [1.165, 1.54) is 12.1 Å². The Bertz CT molecular complexity index is 1340. The lowest BCUT2D eigenvalue weighted by molar-refractivity contribution is 0.627. The number of hydrogen-bond acceptors (Lipinski definition) is 5. The Hall–Kier alpha value is -3.83. The Morgan fingerprint density at radius 1 is 1.10 bits per heavy atom. The number of anilines is 1. The van der Waals surface area contributed by atoms with Gasteiger partial charge < -0.3 is 15.6 Å². The van der Waals surface area contributed by atoms with Crippen LogP contribution >= 0.6 is 0 Å². The largest absolute Gasteiger partial charge is 0.369 e. The Labute approximate surface area is 177 Å². The summed E-state index contributed by atoms with van der Waals surface area (Å²) in [6.07, 6.45) is 3.99. The van der Waals surface area contributed by atoms with Crippen LogP contribution in [-0.4, -0.2) is 34.1 Å². The summed E-state index contributed by atoms with van der Waals surface area (Å²) < 4.78 is 29.3. The first kappa shape index (κ1) is 19.2. The standard InChI is InChI=1S/C23H18F2N6/c24-18-5-2-6-19-21(18)30-23(29-19)17-11-28-10-16(22(17)31-8-7-14(27)12-31)15-4-1-3-13(9-26)20(15)25/h1-6,10-11,14H,7-8,12,27H2,(H,29,30)/t14-/m0/s1. The third kappa shape index (κ3) is 3.20. The van der Waals surface area contributed by atoms with E-state index in [4.69, 9.17) is 5.73 Å². The van der Waals surface area contributed by atoms with Gasteiger partial charge in [0.15, 0.2) is 5.82 Å². The number of H-pyrrole nitrogens is 1. The van der Waals surface area contributed by atoms with Gasteiger partial charge in [-0.05, 0) is 24.6 Å². The van der Waals surface area contributed by atoms with E-state index in [2.05, 4.69) is 19.9 Å². The van der Waals surface area contributed by atoms with Crippen molar-refractivity contribution in [1.29, 1.82) is 5.26 Å². The van der Waals surface area contributed by atoms with Crippen molar-refractivity contribution in [3.8, 4) is 28.6 Å². The number of pyridine rings is 1. The van der Waals surface area contributed by atoms with Crippen LogP contribution in [0.25, 0.3) is 33.5 Å². The lowest BCUT2D eigenvalue weighted by Crippen LogP contribution is -2.27. The fourth-order valence-corrected chi connectivity index (χ4v) is 4.11. The molecule has 2 aromatic heterocycles. The number of imidazole rings is 1. The summed E-state index contributed by atoms with van der Waals surface area (Å²) in [5.41, 5.74) is 9.01. The monoisotopic (exact) mass is 416 g/mol. The van der Waals surface area contributed by atoms with Gasteiger partial charge in [0.2, 0.25) is 0 Å². The van der Waals surface area contributed by atoms with Crippen LogP contribution in [0.3, 0.4) is 0 Å². The highest BCUT2D eigenvalue weighted by Crippen LogP contribution is 2.41. The fraction of sp³-hybridized carbons (Fsp3) is 0.174. The first-order valence-corrected chi connectivity index (χ1v) is 9.89. The first-order chi connectivity index (χ1) is 15.1. The first-order valence-electron chi connectivity index (χ1n) is 9.89. The second kappa shape index (κ2) is 7.45. The summed E-state index contributed by atoms with van der Waals surface area (Å²) >= 11 is 0.